The molecule has 2 fully saturated rings. The van der Waals surface area contributed by atoms with Gasteiger partial charge in [-0.05, 0) is 33.1 Å². The number of halogens is 3. The molecule has 226 valence electrons. The van der Waals surface area contributed by atoms with Crippen molar-refractivity contribution in [3.05, 3.63) is 15.5 Å². The zero-order valence-corrected chi connectivity index (χ0v) is 27.0. The third-order valence-corrected chi connectivity index (χ3v) is 8.87. The molecule has 1 aliphatic heterocycles. The summed E-state index contributed by atoms with van der Waals surface area (Å²) in [6.07, 6.45) is 1.52. The first kappa shape index (κ1) is 32.7. The Morgan fingerprint density at radius 3 is 2.22 bits per heavy atom. The lowest BCUT2D eigenvalue weighted by Gasteiger charge is -2.25. The smallest absolute Gasteiger partial charge is 0.191 e. The number of nitrogens with one attached hydrogen (secondary N) is 2. The van der Waals surface area contributed by atoms with Crippen LogP contribution in [0.1, 0.15) is 47.0 Å². The second-order valence-corrected chi connectivity index (χ2v) is 12.8. The van der Waals surface area contributed by atoms with Gasteiger partial charge in [0, 0.05) is 11.5 Å². The van der Waals surface area contributed by atoms with Crippen LogP contribution >= 0.6 is 58.3 Å². The molecule has 3 heterocycles. The van der Waals surface area contributed by atoms with Gasteiger partial charge >= 0.3 is 0 Å². The largest absolute Gasteiger partial charge is 0.394 e. The molecule has 2 aliphatic rings. The summed E-state index contributed by atoms with van der Waals surface area (Å²) in [4.78, 5) is 17.6. The van der Waals surface area contributed by atoms with Crippen molar-refractivity contribution in [2.24, 2.45) is 10.3 Å². The molecule has 3 N–H and O–H groups in total. The normalized spacial score (nSPS) is 23.3. The third-order valence-electron chi connectivity index (χ3n) is 5.96. The van der Waals surface area contributed by atoms with Gasteiger partial charge in [-0.3, -0.25) is 5.43 Å². The van der Waals surface area contributed by atoms with Crippen LogP contribution in [0.3, 0.4) is 0 Å². The number of fused-ring (bicyclic) bond motifs is 1. The van der Waals surface area contributed by atoms with E-state index in [1.165, 1.54) is 23.5 Å². The molecule has 4 rings (SSSR count). The van der Waals surface area contributed by atoms with Crippen LogP contribution in [0.25, 0.3) is 0 Å². The van der Waals surface area contributed by atoms with Crippen LogP contribution < -0.4 is 10.7 Å². The minimum absolute atomic E-state index is 0.0769. The average Bonchev–Trinajstić information content (AvgIpc) is 3.40. The summed E-state index contributed by atoms with van der Waals surface area (Å²) in [5.74, 6) is 1.27. The molecule has 1 aliphatic carbocycles. The molecule has 2 aromatic heterocycles. The minimum Gasteiger partial charge on any atom is -0.394 e. The van der Waals surface area contributed by atoms with Crippen molar-refractivity contribution in [3.8, 4) is 0 Å². The Hall–Kier alpha value is -1.23. The van der Waals surface area contributed by atoms with Crippen molar-refractivity contribution in [3.63, 3.8) is 0 Å². The average molecular weight is 668 g/mol. The summed E-state index contributed by atoms with van der Waals surface area (Å²) in [7, 11) is 0. The summed E-state index contributed by atoms with van der Waals surface area (Å²) in [6.45, 7) is 7.95. The molecule has 0 bridgehead atoms. The first-order valence-corrected chi connectivity index (χ1v) is 16.3. The summed E-state index contributed by atoms with van der Waals surface area (Å²) in [6, 6.07) is -0.247. The van der Waals surface area contributed by atoms with E-state index in [1.54, 1.807) is 0 Å². The van der Waals surface area contributed by atoms with Gasteiger partial charge in [-0.1, -0.05) is 77.4 Å². The molecule has 0 radical (unpaired) electrons. The minimum atomic E-state index is -0.789. The lowest BCUT2D eigenvalue weighted by atomic mass is 10.2. The molecule has 0 spiro atoms. The molecule has 0 unspecified atom stereocenters. The van der Waals surface area contributed by atoms with Crippen molar-refractivity contribution < 1.29 is 19.3 Å². The van der Waals surface area contributed by atoms with Gasteiger partial charge in [-0.25, -0.2) is 19.9 Å². The number of nitrogens with zero attached hydrogens (tertiary/aromatic N) is 6. The fourth-order valence-corrected chi connectivity index (χ4v) is 6.56. The van der Waals surface area contributed by atoms with E-state index in [1.807, 2.05) is 13.8 Å². The van der Waals surface area contributed by atoms with Gasteiger partial charge in [-0.15, -0.1) is 5.11 Å². The molecule has 41 heavy (non-hydrogen) atoms. The summed E-state index contributed by atoms with van der Waals surface area (Å²) in [5.41, 5.74) is 3.24. The highest BCUT2D eigenvalue weighted by Crippen LogP contribution is 2.42. The maximum Gasteiger partial charge on any atom is 0.191 e. The third kappa shape index (κ3) is 8.45. The number of aliphatic hydroxyl groups is 1. The van der Waals surface area contributed by atoms with Crippen molar-refractivity contribution >= 4 is 75.5 Å². The quantitative estimate of drug-likeness (QED) is 0.0671. The zero-order valence-electron chi connectivity index (χ0n) is 23.1. The SMILES string of the molecule is CCCSc1nc(Cl)c(N=NNc2c(Cl)nc(SCCC)nc2N[C@@H]2C[C@H](OCCO)[C@H]3OC(C)(C)O[C@H]32)c(Cl)n1. The lowest BCUT2D eigenvalue weighted by Crippen LogP contribution is -2.35. The lowest BCUT2D eigenvalue weighted by molar-refractivity contribution is -0.167. The van der Waals surface area contributed by atoms with Crippen LogP contribution in [0.4, 0.5) is 17.2 Å². The first-order valence-electron chi connectivity index (χ1n) is 13.2. The van der Waals surface area contributed by atoms with Gasteiger partial charge in [0.25, 0.3) is 0 Å². The molecule has 0 aromatic carbocycles. The van der Waals surface area contributed by atoms with E-state index in [-0.39, 0.29) is 58.7 Å². The second-order valence-electron chi connectivity index (χ2n) is 9.65. The van der Waals surface area contributed by atoms with E-state index < -0.39 is 5.79 Å². The first-order chi connectivity index (χ1) is 19.7. The van der Waals surface area contributed by atoms with Gasteiger partial charge in [0.1, 0.15) is 17.9 Å². The Morgan fingerprint density at radius 1 is 0.976 bits per heavy atom. The van der Waals surface area contributed by atoms with E-state index in [0.717, 1.165) is 24.3 Å². The summed E-state index contributed by atoms with van der Waals surface area (Å²) in [5, 5.41) is 22.2. The van der Waals surface area contributed by atoms with E-state index in [0.29, 0.717) is 28.2 Å². The van der Waals surface area contributed by atoms with E-state index >= 15 is 0 Å². The summed E-state index contributed by atoms with van der Waals surface area (Å²) < 4.78 is 18.2. The number of rotatable bonds is 14. The van der Waals surface area contributed by atoms with Crippen molar-refractivity contribution in [2.45, 2.75) is 87.4 Å². The standard InChI is InChI=1S/C24H33Cl3N8O4S2/c1-5-9-40-22-29-18(25)14(19(26)30-22)33-35-34-15-20(27)31-23(41-10-6-2)32-21(15)28-12-11-13(37-8-7-36)17-16(12)38-24(3,4)39-17/h12-13,16-17,36H,5-11H2,1-4H3,(H,33,34)(H,28,31,32)/t12-,13+,16+,17-/m1/s1. The topological polar surface area (TPSA) is 148 Å². The predicted octanol–water partition coefficient (Wildman–Crippen LogP) is 6.42. The van der Waals surface area contributed by atoms with Gasteiger partial charge < -0.3 is 24.6 Å². The van der Waals surface area contributed by atoms with E-state index in [9.17, 15) is 5.11 Å². The van der Waals surface area contributed by atoms with E-state index in [4.69, 9.17) is 54.0 Å². The fraction of sp³-hybridized carbons (Fsp3) is 0.667. The van der Waals surface area contributed by atoms with Gasteiger partial charge in [0.15, 0.2) is 43.1 Å². The highest BCUT2D eigenvalue weighted by molar-refractivity contribution is 7.99. The maximum absolute atomic E-state index is 9.29. The van der Waals surface area contributed by atoms with Crippen LogP contribution in [0, 0.1) is 0 Å². The van der Waals surface area contributed by atoms with Gasteiger partial charge in [0.05, 0.1) is 25.4 Å². The van der Waals surface area contributed by atoms with E-state index in [2.05, 4.69) is 49.9 Å². The zero-order chi connectivity index (χ0) is 29.6. The molecule has 12 nitrogen and oxygen atoms in total. The Bertz CT molecular complexity index is 1210. The number of aliphatic hydroxyl groups excluding tert-OH is 1. The van der Waals surface area contributed by atoms with Crippen LogP contribution in [-0.2, 0) is 14.2 Å². The molecule has 1 saturated heterocycles. The van der Waals surface area contributed by atoms with Crippen LogP contribution in [0.5, 0.6) is 0 Å². The number of hydrogen-bond acceptors (Lipinski definition) is 13. The highest BCUT2D eigenvalue weighted by Gasteiger charge is 2.54. The number of hydrogen-bond donors (Lipinski definition) is 3. The Labute approximate surface area is 262 Å². The second kappa shape index (κ2) is 15.0. The Balaban J connectivity index is 1.58. The van der Waals surface area contributed by atoms with Crippen LogP contribution in [0.2, 0.25) is 15.5 Å². The number of aromatic nitrogens is 4. The molecule has 17 heteroatoms. The van der Waals surface area contributed by atoms with Crippen LogP contribution in [-0.4, -0.2) is 79.9 Å². The molecular weight excluding hydrogens is 635 g/mol. The van der Waals surface area contributed by atoms with Crippen molar-refractivity contribution in [2.75, 3.05) is 35.5 Å². The summed E-state index contributed by atoms with van der Waals surface area (Å²) >= 11 is 22.2. The van der Waals surface area contributed by atoms with Crippen LogP contribution in [0.15, 0.2) is 20.7 Å². The van der Waals surface area contributed by atoms with Crippen molar-refractivity contribution in [1.82, 2.24) is 19.9 Å². The number of anilines is 2. The number of ether oxygens (including phenoxy) is 3. The molecule has 2 aromatic rings. The molecule has 4 atom stereocenters. The molecule has 0 amide bonds. The fourth-order valence-electron chi connectivity index (χ4n) is 4.34. The van der Waals surface area contributed by atoms with Gasteiger partial charge in [0.2, 0.25) is 0 Å². The Kier molecular flexibility index (Phi) is 11.9. The van der Waals surface area contributed by atoms with Gasteiger partial charge in [-0.2, -0.15) is 0 Å². The monoisotopic (exact) mass is 666 g/mol. The molecular formula is C24H33Cl3N8O4S2. The van der Waals surface area contributed by atoms with Crippen molar-refractivity contribution in [1.29, 1.82) is 0 Å². The maximum atomic E-state index is 9.29. The number of thioether (sulfide) groups is 2. The Morgan fingerprint density at radius 2 is 1.59 bits per heavy atom. The molecule has 1 saturated carbocycles. The predicted molar refractivity (Wildman–Crippen MR) is 162 cm³/mol. The highest BCUT2D eigenvalue weighted by atomic mass is 35.5.